The van der Waals surface area contributed by atoms with Crippen molar-refractivity contribution in [3.8, 4) is 0 Å². The largest absolute Gasteiger partial charge is 0.462 e. The fraction of sp³-hybridized carbons (Fsp3) is 0.647. The molecule has 0 aliphatic heterocycles. The van der Waals surface area contributed by atoms with Crippen LogP contribution in [0.4, 0.5) is 0 Å². The molecular formula is C17H28O4. The highest BCUT2D eigenvalue weighted by Gasteiger charge is 2.17. The monoisotopic (exact) mass is 296 g/mol. The Hall–Kier alpha value is -1.58. The standard InChI is InChI=1S/C10H16O2.C7H12O2/c1-8(2)10(11)12-9-6-4-3-5-7-9;1-4-5-9-7(8)6(2)3/h9H,1,3-7H2,2H3;2,4-5H2,1,3H3. The van der Waals surface area contributed by atoms with E-state index in [4.69, 9.17) is 9.47 Å². The molecular weight excluding hydrogens is 268 g/mol. The summed E-state index contributed by atoms with van der Waals surface area (Å²) in [5.41, 5.74) is 0.962. The Morgan fingerprint density at radius 3 is 1.95 bits per heavy atom. The number of carbonyl (C=O) groups excluding carboxylic acids is 2. The summed E-state index contributed by atoms with van der Waals surface area (Å²) in [7, 11) is 0. The summed E-state index contributed by atoms with van der Waals surface area (Å²) in [6, 6.07) is 0. The van der Waals surface area contributed by atoms with Gasteiger partial charge in [-0.3, -0.25) is 0 Å². The first-order chi connectivity index (χ1) is 9.88. The SMILES string of the molecule is C=C(C)C(=O)OC1CCCCC1.C=C(C)C(=O)OCCC. The zero-order valence-electron chi connectivity index (χ0n) is 13.6. The maximum Gasteiger partial charge on any atom is 0.333 e. The predicted molar refractivity (Wildman–Crippen MR) is 83.8 cm³/mol. The summed E-state index contributed by atoms with van der Waals surface area (Å²) in [6.07, 6.45) is 6.73. The fourth-order valence-corrected chi connectivity index (χ4v) is 1.75. The summed E-state index contributed by atoms with van der Waals surface area (Å²) in [5.74, 6) is -0.529. The van der Waals surface area contributed by atoms with Crippen LogP contribution in [0.25, 0.3) is 0 Å². The van der Waals surface area contributed by atoms with E-state index in [1.54, 1.807) is 13.8 Å². The van der Waals surface area contributed by atoms with Gasteiger partial charge in [0.05, 0.1) is 6.61 Å². The molecule has 0 aromatic heterocycles. The third-order valence-electron chi connectivity index (χ3n) is 2.96. The fourth-order valence-electron chi connectivity index (χ4n) is 1.75. The van der Waals surface area contributed by atoms with E-state index in [9.17, 15) is 9.59 Å². The van der Waals surface area contributed by atoms with Crippen LogP contribution in [-0.2, 0) is 19.1 Å². The minimum atomic E-state index is -0.295. The molecule has 1 saturated carbocycles. The van der Waals surface area contributed by atoms with E-state index >= 15 is 0 Å². The first kappa shape index (κ1) is 19.4. The van der Waals surface area contributed by atoms with Crippen molar-refractivity contribution in [3.63, 3.8) is 0 Å². The average molecular weight is 296 g/mol. The quantitative estimate of drug-likeness (QED) is 0.569. The van der Waals surface area contributed by atoms with Crippen molar-refractivity contribution in [2.24, 2.45) is 0 Å². The van der Waals surface area contributed by atoms with Crippen LogP contribution in [-0.4, -0.2) is 24.6 Å². The minimum Gasteiger partial charge on any atom is -0.462 e. The van der Waals surface area contributed by atoms with Gasteiger partial charge in [-0.15, -0.1) is 0 Å². The molecule has 0 spiro atoms. The molecule has 0 bridgehead atoms. The molecule has 1 rings (SSSR count). The van der Waals surface area contributed by atoms with Crippen molar-refractivity contribution >= 4 is 11.9 Å². The Balaban J connectivity index is 0.000000400. The highest BCUT2D eigenvalue weighted by Crippen LogP contribution is 2.20. The zero-order chi connectivity index (χ0) is 16.3. The smallest absolute Gasteiger partial charge is 0.333 e. The van der Waals surface area contributed by atoms with Crippen LogP contribution in [0.2, 0.25) is 0 Å². The highest BCUT2D eigenvalue weighted by molar-refractivity contribution is 5.87. The first-order valence-corrected chi connectivity index (χ1v) is 7.57. The third-order valence-corrected chi connectivity index (χ3v) is 2.96. The summed E-state index contributed by atoms with van der Waals surface area (Å²) in [5, 5.41) is 0. The maximum atomic E-state index is 11.1. The second-order valence-corrected chi connectivity index (χ2v) is 5.36. The first-order valence-electron chi connectivity index (χ1n) is 7.57. The van der Waals surface area contributed by atoms with Gasteiger partial charge in [-0.05, 0) is 46.0 Å². The molecule has 4 heteroatoms. The lowest BCUT2D eigenvalue weighted by molar-refractivity contribution is -0.145. The number of esters is 2. The van der Waals surface area contributed by atoms with Crippen LogP contribution < -0.4 is 0 Å². The van der Waals surface area contributed by atoms with Crippen molar-refractivity contribution in [3.05, 3.63) is 24.3 Å². The van der Waals surface area contributed by atoms with Crippen LogP contribution in [0.5, 0.6) is 0 Å². The van der Waals surface area contributed by atoms with Crippen LogP contribution in [0.1, 0.15) is 59.3 Å². The minimum absolute atomic E-state index is 0.156. The topological polar surface area (TPSA) is 52.6 Å². The Bertz CT molecular complexity index is 365. The second kappa shape index (κ2) is 11.1. The van der Waals surface area contributed by atoms with Crippen molar-refractivity contribution < 1.29 is 19.1 Å². The summed E-state index contributed by atoms with van der Waals surface area (Å²) in [6.45, 7) is 12.7. The van der Waals surface area contributed by atoms with Crippen LogP contribution >= 0.6 is 0 Å². The summed E-state index contributed by atoms with van der Waals surface area (Å²) in [4.78, 5) is 21.7. The lowest BCUT2D eigenvalue weighted by atomic mass is 9.98. The lowest BCUT2D eigenvalue weighted by Gasteiger charge is -2.21. The van der Waals surface area contributed by atoms with Gasteiger partial charge < -0.3 is 9.47 Å². The molecule has 0 saturated heterocycles. The molecule has 21 heavy (non-hydrogen) atoms. The van der Waals surface area contributed by atoms with Crippen molar-refractivity contribution in [2.75, 3.05) is 6.61 Å². The Morgan fingerprint density at radius 2 is 1.52 bits per heavy atom. The zero-order valence-corrected chi connectivity index (χ0v) is 13.6. The van der Waals surface area contributed by atoms with Gasteiger partial charge in [0.1, 0.15) is 6.10 Å². The van der Waals surface area contributed by atoms with E-state index < -0.39 is 0 Å². The molecule has 1 fully saturated rings. The van der Waals surface area contributed by atoms with Crippen LogP contribution in [0.15, 0.2) is 24.3 Å². The van der Waals surface area contributed by atoms with Crippen LogP contribution in [0.3, 0.4) is 0 Å². The lowest BCUT2D eigenvalue weighted by Crippen LogP contribution is -2.20. The molecule has 0 atom stereocenters. The van der Waals surface area contributed by atoms with E-state index in [0.29, 0.717) is 17.8 Å². The van der Waals surface area contributed by atoms with E-state index in [2.05, 4.69) is 13.2 Å². The molecule has 120 valence electrons. The van der Waals surface area contributed by atoms with Gasteiger partial charge in [-0.25, -0.2) is 9.59 Å². The molecule has 0 aromatic carbocycles. The van der Waals surface area contributed by atoms with Gasteiger partial charge in [-0.1, -0.05) is 26.5 Å². The number of carbonyl (C=O) groups is 2. The van der Waals surface area contributed by atoms with Gasteiger partial charge in [0.2, 0.25) is 0 Å². The van der Waals surface area contributed by atoms with Crippen molar-refractivity contribution in [1.82, 2.24) is 0 Å². The molecule has 0 heterocycles. The second-order valence-electron chi connectivity index (χ2n) is 5.36. The molecule has 0 amide bonds. The van der Waals surface area contributed by atoms with E-state index in [-0.39, 0.29) is 18.0 Å². The van der Waals surface area contributed by atoms with Gasteiger partial charge in [0.25, 0.3) is 0 Å². The third kappa shape index (κ3) is 9.88. The van der Waals surface area contributed by atoms with Gasteiger partial charge in [-0.2, -0.15) is 0 Å². The van der Waals surface area contributed by atoms with Crippen LogP contribution in [0, 0.1) is 0 Å². The Morgan fingerprint density at radius 1 is 1.00 bits per heavy atom. The van der Waals surface area contributed by atoms with E-state index in [0.717, 1.165) is 19.3 Å². The van der Waals surface area contributed by atoms with Gasteiger partial charge in [0, 0.05) is 11.1 Å². The molecule has 0 N–H and O–H groups in total. The van der Waals surface area contributed by atoms with Gasteiger partial charge >= 0.3 is 11.9 Å². The molecule has 0 radical (unpaired) electrons. The molecule has 4 nitrogen and oxygen atoms in total. The maximum absolute atomic E-state index is 11.1. The molecule has 0 aromatic rings. The normalized spacial score (nSPS) is 14.4. The van der Waals surface area contributed by atoms with E-state index in [1.165, 1.54) is 19.3 Å². The average Bonchev–Trinajstić information content (AvgIpc) is 2.46. The summed E-state index contributed by atoms with van der Waals surface area (Å²) < 4.78 is 9.93. The number of hydrogen-bond acceptors (Lipinski definition) is 4. The van der Waals surface area contributed by atoms with Crippen molar-refractivity contribution in [1.29, 1.82) is 0 Å². The number of hydrogen-bond donors (Lipinski definition) is 0. The van der Waals surface area contributed by atoms with Crippen molar-refractivity contribution in [2.45, 2.75) is 65.4 Å². The number of ether oxygens (including phenoxy) is 2. The predicted octanol–water partition coefficient (Wildman–Crippen LogP) is 3.95. The Kier molecular flexibility index (Phi) is 10.3. The molecule has 1 aliphatic rings. The highest BCUT2D eigenvalue weighted by atomic mass is 16.5. The molecule has 0 unspecified atom stereocenters. The molecule has 1 aliphatic carbocycles. The Labute approximate surface area is 128 Å². The van der Waals surface area contributed by atoms with Gasteiger partial charge in [0.15, 0.2) is 0 Å². The summed E-state index contributed by atoms with van der Waals surface area (Å²) >= 11 is 0. The number of rotatable bonds is 5. The van der Waals surface area contributed by atoms with E-state index in [1.807, 2.05) is 6.92 Å².